The number of allylic oxidation sites excluding steroid dienone is 1. The second-order valence-corrected chi connectivity index (χ2v) is 6.82. The van der Waals surface area contributed by atoms with Gasteiger partial charge in [-0.05, 0) is 37.5 Å². The number of unbranched alkanes of at least 4 members (excludes halogenated alkanes) is 1. The molecule has 0 aliphatic carbocycles. The number of benzene rings is 1. The largest absolute Gasteiger partial charge is 0.397 e. The average Bonchev–Trinajstić information content (AvgIpc) is 2.33. The Morgan fingerprint density at radius 1 is 1.47 bits per heavy atom. The van der Waals surface area contributed by atoms with Crippen LogP contribution in [0.1, 0.15) is 18.4 Å². The lowest BCUT2D eigenvalue weighted by molar-refractivity contribution is 0.462. The topological polar surface area (TPSA) is 63.4 Å². The molecule has 0 aliphatic heterocycles. The first kappa shape index (κ1) is 16.0. The molecule has 0 spiro atoms. The zero-order chi connectivity index (χ0) is 14.6. The molecule has 0 atom stereocenters. The highest BCUT2D eigenvalue weighted by Crippen LogP contribution is 2.27. The van der Waals surface area contributed by atoms with E-state index in [0.29, 0.717) is 17.1 Å². The number of halogens is 1. The Hall–Kier alpha value is -1.04. The zero-order valence-corrected chi connectivity index (χ0v) is 12.8. The predicted molar refractivity (Wildman–Crippen MR) is 79.8 cm³/mol. The van der Waals surface area contributed by atoms with Crippen LogP contribution < -0.4 is 5.73 Å². The molecule has 0 radical (unpaired) electrons. The van der Waals surface area contributed by atoms with Crippen LogP contribution in [0.5, 0.6) is 0 Å². The molecule has 19 heavy (non-hydrogen) atoms. The van der Waals surface area contributed by atoms with Gasteiger partial charge in [0.15, 0.2) is 0 Å². The fourth-order valence-electron chi connectivity index (χ4n) is 1.69. The van der Waals surface area contributed by atoms with Crippen LogP contribution in [0, 0.1) is 6.92 Å². The number of aryl methyl sites for hydroxylation is 1. The third-order valence-corrected chi connectivity index (χ3v) is 5.19. The third-order valence-electron chi connectivity index (χ3n) is 2.86. The number of sulfonamides is 1. The van der Waals surface area contributed by atoms with Crippen molar-refractivity contribution >= 4 is 27.3 Å². The van der Waals surface area contributed by atoms with Crippen molar-refractivity contribution in [1.29, 1.82) is 0 Å². The van der Waals surface area contributed by atoms with E-state index >= 15 is 0 Å². The molecule has 0 amide bonds. The van der Waals surface area contributed by atoms with Crippen molar-refractivity contribution in [3.8, 4) is 0 Å². The molecule has 0 saturated carbocycles. The van der Waals surface area contributed by atoms with Gasteiger partial charge in [0, 0.05) is 13.6 Å². The van der Waals surface area contributed by atoms with Gasteiger partial charge < -0.3 is 5.73 Å². The normalized spacial score (nSPS) is 11.8. The molecule has 0 heterocycles. The van der Waals surface area contributed by atoms with Crippen molar-refractivity contribution in [2.75, 3.05) is 19.3 Å². The number of hydrogen-bond donors (Lipinski definition) is 1. The van der Waals surface area contributed by atoms with E-state index in [1.54, 1.807) is 26.1 Å². The third kappa shape index (κ3) is 3.72. The van der Waals surface area contributed by atoms with Gasteiger partial charge >= 0.3 is 0 Å². The number of anilines is 1. The molecular weight excluding hydrogens is 284 g/mol. The minimum Gasteiger partial charge on any atom is -0.397 e. The Kier molecular flexibility index (Phi) is 5.40. The van der Waals surface area contributed by atoms with Crippen molar-refractivity contribution in [2.45, 2.75) is 24.7 Å². The Balaban J connectivity index is 3.06. The molecule has 4 nitrogen and oxygen atoms in total. The molecule has 0 fully saturated rings. The van der Waals surface area contributed by atoms with Gasteiger partial charge in [-0.15, -0.1) is 6.58 Å². The summed E-state index contributed by atoms with van der Waals surface area (Å²) in [5.74, 6) is 0. The van der Waals surface area contributed by atoms with Crippen molar-refractivity contribution in [1.82, 2.24) is 4.31 Å². The Labute approximate surface area is 119 Å². The quantitative estimate of drug-likeness (QED) is 0.499. The number of nitrogen functional groups attached to an aromatic ring is 1. The minimum atomic E-state index is -3.53. The van der Waals surface area contributed by atoms with Crippen molar-refractivity contribution < 1.29 is 8.42 Å². The van der Waals surface area contributed by atoms with Crippen LogP contribution >= 0.6 is 11.6 Å². The number of nitrogens with zero attached hydrogens (tertiary/aromatic N) is 1. The molecule has 0 aromatic heterocycles. The van der Waals surface area contributed by atoms with E-state index in [1.807, 2.05) is 0 Å². The molecule has 0 aliphatic rings. The first-order valence-corrected chi connectivity index (χ1v) is 7.75. The fourth-order valence-corrected chi connectivity index (χ4v) is 3.36. The summed E-state index contributed by atoms with van der Waals surface area (Å²) in [7, 11) is -1.97. The summed E-state index contributed by atoms with van der Waals surface area (Å²) in [5, 5.41) is 0.366. The van der Waals surface area contributed by atoms with Gasteiger partial charge in [0.2, 0.25) is 10.0 Å². The summed E-state index contributed by atoms with van der Waals surface area (Å²) in [4.78, 5) is 0.204. The summed E-state index contributed by atoms with van der Waals surface area (Å²) in [5.41, 5.74) is 6.54. The van der Waals surface area contributed by atoms with E-state index in [1.165, 1.54) is 10.4 Å². The number of hydrogen-bond acceptors (Lipinski definition) is 3. The van der Waals surface area contributed by atoms with Crippen LogP contribution in [0.15, 0.2) is 29.7 Å². The van der Waals surface area contributed by atoms with Gasteiger partial charge in [-0.25, -0.2) is 12.7 Å². The Morgan fingerprint density at radius 3 is 2.68 bits per heavy atom. The molecule has 0 unspecified atom stereocenters. The van der Waals surface area contributed by atoms with Crippen LogP contribution in [0.3, 0.4) is 0 Å². The van der Waals surface area contributed by atoms with Crippen molar-refractivity contribution in [2.24, 2.45) is 0 Å². The maximum atomic E-state index is 12.4. The summed E-state index contributed by atoms with van der Waals surface area (Å²) < 4.78 is 26.1. The number of nitrogens with two attached hydrogens (primary N) is 1. The zero-order valence-electron chi connectivity index (χ0n) is 11.2. The van der Waals surface area contributed by atoms with Crippen LogP contribution in [0.2, 0.25) is 5.02 Å². The molecule has 6 heteroatoms. The summed E-state index contributed by atoms with van der Waals surface area (Å²) >= 11 is 5.87. The van der Waals surface area contributed by atoms with Crippen LogP contribution in [0.4, 0.5) is 5.69 Å². The second-order valence-electron chi connectivity index (χ2n) is 4.40. The van der Waals surface area contributed by atoms with E-state index in [4.69, 9.17) is 17.3 Å². The Bertz CT molecular complexity index is 570. The number of rotatable bonds is 6. The maximum absolute atomic E-state index is 12.4. The predicted octanol–water partition coefficient (Wildman–Crippen LogP) is 2.82. The SMILES string of the molecule is C=CCCCN(C)S(=O)(=O)c1cc(N)c(Cl)cc1C. The lowest BCUT2D eigenvalue weighted by Crippen LogP contribution is -2.28. The summed E-state index contributed by atoms with van der Waals surface area (Å²) in [6.07, 6.45) is 3.29. The van der Waals surface area contributed by atoms with Crippen LogP contribution in [-0.2, 0) is 10.0 Å². The van der Waals surface area contributed by atoms with Crippen LogP contribution in [-0.4, -0.2) is 26.3 Å². The Morgan fingerprint density at radius 2 is 2.11 bits per heavy atom. The maximum Gasteiger partial charge on any atom is 0.243 e. The smallest absolute Gasteiger partial charge is 0.243 e. The molecule has 0 bridgehead atoms. The molecule has 1 aromatic rings. The van der Waals surface area contributed by atoms with E-state index in [9.17, 15) is 8.42 Å². The van der Waals surface area contributed by atoms with Gasteiger partial charge in [-0.3, -0.25) is 0 Å². The minimum absolute atomic E-state index is 0.204. The van der Waals surface area contributed by atoms with Gasteiger partial charge in [0.05, 0.1) is 15.6 Å². The van der Waals surface area contributed by atoms with E-state index in [0.717, 1.165) is 12.8 Å². The van der Waals surface area contributed by atoms with Crippen molar-refractivity contribution in [3.05, 3.63) is 35.4 Å². The van der Waals surface area contributed by atoms with Crippen LogP contribution in [0.25, 0.3) is 0 Å². The van der Waals surface area contributed by atoms with E-state index < -0.39 is 10.0 Å². The first-order valence-electron chi connectivity index (χ1n) is 5.93. The van der Waals surface area contributed by atoms with E-state index in [-0.39, 0.29) is 10.6 Å². The van der Waals surface area contributed by atoms with Gasteiger partial charge in [0.1, 0.15) is 0 Å². The van der Waals surface area contributed by atoms with Crippen molar-refractivity contribution in [3.63, 3.8) is 0 Å². The highest BCUT2D eigenvalue weighted by molar-refractivity contribution is 7.89. The lowest BCUT2D eigenvalue weighted by atomic mass is 10.2. The fraction of sp³-hybridized carbons (Fsp3) is 0.385. The summed E-state index contributed by atoms with van der Waals surface area (Å²) in [6, 6.07) is 2.98. The van der Waals surface area contributed by atoms with E-state index in [2.05, 4.69) is 6.58 Å². The highest BCUT2D eigenvalue weighted by atomic mass is 35.5. The molecule has 106 valence electrons. The monoisotopic (exact) mass is 302 g/mol. The molecule has 0 saturated heterocycles. The molecule has 1 aromatic carbocycles. The molecular formula is C13H19ClN2O2S. The molecule has 2 N–H and O–H groups in total. The lowest BCUT2D eigenvalue weighted by Gasteiger charge is -2.18. The molecule has 1 rings (SSSR count). The summed E-state index contributed by atoms with van der Waals surface area (Å²) in [6.45, 7) is 5.76. The first-order chi connectivity index (χ1) is 8.80. The second kappa shape index (κ2) is 6.41. The highest BCUT2D eigenvalue weighted by Gasteiger charge is 2.23. The van der Waals surface area contributed by atoms with Gasteiger partial charge in [-0.2, -0.15) is 0 Å². The van der Waals surface area contributed by atoms with Gasteiger partial charge in [-0.1, -0.05) is 17.7 Å². The standard InChI is InChI=1S/C13H19ClN2O2S/c1-4-5-6-7-16(3)19(17,18)13-9-12(15)11(14)8-10(13)2/h4,8-9H,1,5-7,15H2,2-3H3. The average molecular weight is 303 g/mol. The van der Waals surface area contributed by atoms with Gasteiger partial charge in [0.25, 0.3) is 0 Å².